The van der Waals surface area contributed by atoms with E-state index in [0.717, 1.165) is 16.3 Å². The molecule has 1 aromatic carbocycles. The van der Waals surface area contributed by atoms with Crippen LogP contribution in [-0.4, -0.2) is 35.3 Å². The van der Waals surface area contributed by atoms with Crippen LogP contribution in [0.4, 0.5) is 4.79 Å². The molecule has 0 unspecified atom stereocenters. The zero-order valence-electron chi connectivity index (χ0n) is 12.2. The first-order chi connectivity index (χ1) is 10.5. The normalized spacial score (nSPS) is 12.0. The number of rotatable bonds is 6. The largest absolute Gasteiger partial charge is 0.392 e. The van der Waals surface area contributed by atoms with Gasteiger partial charge in [-0.05, 0) is 19.1 Å². The van der Waals surface area contributed by atoms with Crippen LogP contribution in [0.3, 0.4) is 0 Å². The Hall–Kier alpha value is -1.63. The van der Waals surface area contributed by atoms with Gasteiger partial charge in [-0.3, -0.25) is 0 Å². The van der Waals surface area contributed by atoms with Gasteiger partial charge in [-0.15, -0.1) is 11.3 Å². The SMILES string of the molecule is C[C@@H](O)CNC(=O)NCCc1csc(-c2ccc(Cl)cc2)n1. The molecule has 7 heteroatoms. The Morgan fingerprint density at radius 3 is 2.77 bits per heavy atom. The van der Waals surface area contributed by atoms with Crippen molar-refractivity contribution in [3.63, 3.8) is 0 Å². The lowest BCUT2D eigenvalue weighted by Gasteiger charge is -2.08. The third kappa shape index (κ3) is 5.29. The Bertz CT molecular complexity index is 614. The van der Waals surface area contributed by atoms with Gasteiger partial charge in [0.05, 0.1) is 11.8 Å². The molecule has 1 atom stereocenters. The number of nitrogens with zero attached hydrogens (tertiary/aromatic N) is 1. The highest BCUT2D eigenvalue weighted by Crippen LogP contribution is 2.25. The number of carbonyl (C=O) groups is 1. The minimum atomic E-state index is -0.550. The zero-order chi connectivity index (χ0) is 15.9. The molecule has 5 nitrogen and oxygen atoms in total. The van der Waals surface area contributed by atoms with E-state index in [2.05, 4.69) is 15.6 Å². The van der Waals surface area contributed by atoms with E-state index in [1.54, 1.807) is 18.3 Å². The number of amides is 2. The van der Waals surface area contributed by atoms with Crippen LogP contribution < -0.4 is 10.6 Å². The Labute approximate surface area is 138 Å². The summed E-state index contributed by atoms with van der Waals surface area (Å²) in [5.74, 6) is 0. The van der Waals surface area contributed by atoms with Gasteiger partial charge in [-0.25, -0.2) is 9.78 Å². The Balaban J connectivity index is 1.80. The molecular weight excluding hydrogens is 322 g/mol. The minimum Gasteiger partial charge on any atom is -0.392 e. The van der Waals surface area contributed by atoms with Crippen LogP contribution in [0.1, 0.15) is 12.6 Å². The summed E-state index contributed by atoms with van der Waals surface area (Å²) in [7, 11) is 0. The number of urea groups is 1. The predicted octanol–water partition coefficient (Wildman–Crippen LogP) is 2.69. The summed E-state index contributed by atoms with van der Waals surface area (Å²) in [5, 5.41) is 18.0. The molecule has 1 aromatic heterocycles. The molecule has 2 rings (SSSR count). The van der Waals surface area contributed by atoms with Gasteiger partial charge in [0.15, 0.2) is 0 Å². The molecule has 0 bridgehead atoms. The van der Waals surface area contributed by atoms with Crippen molar-refractivity contribution in [1.29, 1.82) is 0 Å². The number of benzene rings is 1. The molecule has 0 saturated heterocycles. The van der Waals surface area contributed by atoms with E-state index in [1.807, 2.05) is 29.6 Å². The molecule has 0 fully saturated rings. The smallest absolute Gasteiger partial charge is 0.314 e. The molecule has 0 aliphatic carbocycles. The van der Waals surface area contributed by atoms with Gasteiger partial charge in [0.2, 0.25) is 0 Å². The highest BCUT2D eigenvalue weighted by molar-refractivity contribution is 7.13. The number of thiazole rings is 1. The topological polar surface area (TPSA) is 74.2 Å². The van der Waals surface area contributed by atoms with E-state index in [4.69, 9.17) is 16.7 Å². The second-order valence-electron chi connectivity index (χ2n) is 4.89. The Morgan fingerprint density at radius 1 is 1.36 bits per heavy atom. The average molecular weight is 340 g/mol. The quantitative estimate of drug-likeness (QED) is 0.757. The molecule has 0 spiro atoms. The van der Waals surface area contributed by atoms with Crippen molar-refractivity contribution >= 4 is 29.0 Å². The first kappa shape index (κ1) is 16.7. The lowest BCUT2D eigenvalue weighted by atomic mass is 10.2. The van der Waals surface area contributed by atoms with Gasteiger partial charge in [0.1, 0.15) is 5.01 Å². The number of hydrogen-bond acceptors (Lipinski definition) is 4. The summed E-state index contributed by atoms with van der Waals surface area (Å²) in [5.41, 5.74) is 1.97. The molecule has 118 valence electrons. The molecule has 0 radical (unpaired) electrons. The fraction of sp³-hybridized carbons (Fsp3) is 0.333. The van der Waals surface area contributed by atoms with Crippen molar-refractivity contribution in [3.8, 4) is 10.6 Å². The van der Waals surface area contributed by atoms with Crippen molar-refractivity contribution in [1.82, 2.24) is 15.6 Å². The van der Waals surface area contributed by atoms with Crippen LogP contribution in [0.5, 0.6) is 0 Å². The molecule has 1 heterocycles. The van der Waals surface area contributed by atoms with Gasteiger partial charge in [0.25, 0.3) is 0 Å². The second kappa shape index (κ2) is 8.12. The van der Waals surface area contributed by atoms with Gasteiger partial charge in [0, 0.05) is 35.5 Å². The highest BCUT2D eigenvalue weighted by atomic mass is 35.5. The monoisotopic (exact) mass is 339 g/mol. The number of carbonyl (C=O) groups excluding carboxylic acids is 1. The summed E-state index contributed by atoms with van der Waals surface area (Å²) < 4.78 is 0. The van der Waals surface area contributed by atoms with E-state index in [9.17, 15) is 4.79 Å². The summed E-state index contributed by atoms with van der Waals surface area (Å²) in [6, 6.07) is 7.27. The van der Waals surface area contributed by atoms with Crippen LogP contribution in [0, 0.1) is 0 Å². The maximum atomic E-state index is 11.4. The van der Waals surface area contributed by atoms with E-state index in [-0.39, 0.29) is 12.6 Å². The average Bonchev–Trinajstić information content (AvgIpc) is 2.95. The Morgan fingerprint density at radius 2 is 2.09 bits per heavy atom. The van der Waals surface area contributed by atoms with Crippen LogP contribution in [-0.2, 0) is 6.42 Å². The summed E-state index contributed by atoms with van der Waals surface area (Å²) in [4.78, 5) is 16.0. The number of hydrogen-bond donors (Lipinski definition) is 3. The maximum Gasteiger partial charge on any atom is 0.314 e. The maximum absolute atomic E-state index is 11.4. The molecule has 3 N–H and O–H groups in total. The molecule has 0 aliphatic rings. The second-order valence-corrected chi connectivity index (χ2v) is 6.18. The molecule has 22 heavy (non-hydrogen) atoms. The van der Waals surface area contributed by atoms with Crippen molar-refractivity contribution in [3.05, 3.63) is 40.4 Å². The van der Waals surface area contributed by atoms with Gasteiger partial charge >= 0.3 is 6.03 Å². The van der Waals surface area contributed by atoms with Gasteiger partial charge in [-0.2, -0.15) is 0 Å². The summed E-state index contributed by atoms with van der Waals surface area (Å²) >= 11 is 7.43. The predicted molar refractivity (Wildman–Crippen MR) is 89.3 cm³/mol. The van der Waals surface area contributed by atoms with Crippen LogP contribution in [0.25, 0.3) is 10.6 Å². The summed E-state index contributed by atoms with van der Waals surface area (Å²) in [6.07, 6.45) is 0.109. The third-order valence-corrected chi connectivity index (χ3v) is 4.06. The lowest BCUT2D eigenvalue weighted by molar-refractivity contribution is 0.187. The standard InChI is InChI=1S/C15H18ClN3O2S/c1-10(20)8-18-15(21)17-7-6-13-9-22-14(19-13)11-2-4-12(16)5-3-11/h2-5,9-10,20H,6-8H2,1H3,(H2,17,18,21)/t10-/m1/s1. The first-order valence-electron chi connectivity index (χ1n) is 6.94. The van der Waals surface area contributed by atoms with Crippen LogP contribution in [0.15, 0.2) is 29.6 Å². The lowest BCUT2D eigenvalue weighted by Crippen LogP contribution is -2.39. The fourth-order valence-corrected chi connectivity index (χ4v) is 2.74. The molecular formula is C15H18ClN3O2S. The van der Waals surface area contributed by atoms with Gasteiger partial charge in [-0.1, -0.05) is 23.7 Å². The van der Waals surface area contributed by atoms with E-state index in [1.165, 1.54) is 0 Å². The molecule has 0 saturated carbocycles. The zero-order valence-corrected chi connectivity index (χ0v) is 13.7. The van der Waals surface area contributed by atoms with E-state index >= 15 is 0 Å². The number of halogens is 1. The minimum absolute atomic E-state index is 0.239. The van der Waals surface area contributed by atoms with E-state index in [0.29, 0.717) is 18.0 Å². The number of aromatic nitrogens is 1. The van der Waals surface area contributed by atoms with Crippen LogP contribution >= 0.6 is 22.9 Å². The number of aliphatic hydroxyl groups is 1. The third-order valence-electron chi connectivity index (χ3n) is 2.87. The Kier molecular flexibility index (Phi) is 6.18. The van der Waals surface area contributed by atoms with Crippen LogP contribution in [0.2, 0.25) is 5.02 Å². The first-order valence-corrected chi connectivity index (χ1v) is 8.20. The number of aliphatic hydroxyl groups excluding tert-OH is 1. The van der Waals surface area contributed by atoms with Crippen molar-refractivity contribution in [2.24, 2.45) is 0 Å². The molecule has 2 amide bonds. The summed E-state index contributed by atoms with van der Waals surface area (Å²) in [6.45, 7) is 2.35. The molecule has 2 aromatic rings. The highest BCUT2D eigenvalue weighted by Gasteiger charge is 2.06. The van der Waals surface area contributed by atoms with Gasteiger partial charge < -0.3 is 15.7 Å². The fourth-order valence-electron chi connectivity index (χ4n) is 1.75. The van der Waals surface area contributed by atoms with Crippen molar-refractivity contribution in [2.75, 3.05) is 13.1 Å². The van der Waals surface area contributed by atoms with Crippen molar-refractivity contribution < 1.29 is 9.90 Å². The van der Waals surface area contributed by atoms with Crippen molar-refractivity contribution in [2.45, 2.75) is 19.4 Å². The molecule has 0 aliphatic heterocycles. The number of nitrogens with one attached hydrogen (secondary N) is 2. The van der Waals surface area contributed by atoms with E-state index < -0.39 is 6.10 Å².